The number of benzene rings is 4. The van der Waals surface area contributed by atoms with Gasteiger partial charge in [0.1, 0.15) is 0 Å². The highest BCUT2D eigenvalue weighted by atomic mass is 15.1. The average Bonchev–Trinajstić information content (AvgIpc) is 4.11. The fourth-order valence-corrected chi connectivity index (χ4v) is 9.02. The average molecular weight is 793 g/mol. The van der Waals surface area contributed by atoms with E-state index >= 15 is 0 Å². The van der Waals surface area contributed by atoms with Crippen LogP contribution in [0.5, 0.6) is 0 Å². The molecule has 8 nitrogen and oxygen atoms in total. The van der Waals surface area contributed by atoms with E-state index in [2.05, 4.69) is 227 Å². The molecule has 2 N–H and O–H groups in total. The van der Waals surface area contributed by atoms with Gasteiger partial charge in [-0.15, -0.1) is 0 Å². The Morgan fingerprint density at radius 2 is 0.750 bits per heavy atom. The third-order valence-corrected chi connectivity index (χ3v) is 11.8. The molecule has 10 aromatic rings. The largest absolute Gasteiger partial charge is 0.361 e. The number of aromatic nitrogens is 6. The van der Waals surface area contributed by atoms with Gasteiger partial charge in [0, 0.05) is 165 Å². The third-order valence-electron chi connectivity index (χ3n) is 11.8. The molecule has 0 unspecified atom stereocenters. The molecule has 0 fully saturated rings. The Balaban J connectivity index is 0.000000166. The van der Waals surface area contributed by atoms with Gasteiger partial charge >= 0.3 is 0 Å². The molecule has 4 aromatic carbocycles. The van der Waals surface area contributed by atoms with Crippen LogP contribution in [0.15, 0.2) is 147 Å². The first-order valence-corrected chi connectivity index (χ1v) is 21.1. The maximum Gasteiger partial charge on any atom is 0.0486 e. The van der Waals surface area contributed by atoms with Crippen LogP contribution in [-0.4, -0.2) is 79.3 Å². The molecule has 0 aliphatic rings. The van der Waals surface area contributed by atoms with Crippen molar-refractivity contribution in [2.45, 2.75) is 25.9 Å². The van der Waals surface area contributed by atoms with E-state index in [1.165, 1.54) is 88.1 Å². The summed E-state index contributed by atoms with van der Waals surface area (Å²) in [7, 11) is 12.8. The van der Waals surface area contributed by atoms with Crippen LogP contribution in [0, 0.1) is 0 Å². The van der Waals surface area contributed by atoms with Gasteiger partial charge in [-0.2, -0.15) is 0 Å². The normalized spacial score (nSPS) is 11.9. The molecule has 0 atom stereocenters. The van der Waals surface area contributed by atoms with Crippen molar-refractivity contribution in [3.05, 3.63) is 147 Å². The first-order chi connectivity index (χ1) is 29.2. The minimum absolute atomic E-state index is 1.02. The molecule has 6 heterocycles. The fourth-order valence-electron chi connectivity index (χ4n) is 9.02. The molecule has 0 aliphatic carbocycles. The van der Waals surface area contributed by atoms with Gasteiger partial charge in [0.05, 0.1) is 0 Å². The van der Waals surface area contributed by atoms with E-state index in [1.807, 2.05) is 0 Å². The van der Waals surface area contributed by atoms with Crippen LogP contribution in [-0.2, 0) is 27.2 Å². The van der Waals surface area contributed by atoms with Gasteiger partial charge in [0.15, 0.2) is 0 Å². The maximum absolute atomic E-state index is 3.39. The van der Waals surface area contributed by atoms with E-state index in [-0.39, 0.29) is 0 Å². The number of nitrogens with one attached hydrogen (secondary N) is 2. The molecule has 0 spiro atoms. The summed E-state index contributed by atoms with van der Waals surface area (Å²) in [6, 6.07) is 34.6. The standard InChI is InChI=1S/C31H39N5.C21H17N3/c1-32(2)16-10-18-35-22-28(24-12-6-8-14-30(24)35)26-20-34(5)21-27(26)29-23-36(19-11-17-33(3)4)31-15-9-7-13-25(29)31;1-24-12-18(16-10-22-20-8-4-2-6-14(16)20)19(13-24)17-11-23-21-9-5-3-7-15(17)21/h6-9,12-15,20-23H,10-11,16-19H2,1-5H3;2-13,22-23H,1H3. The zero-order chi connectivity index (χ0) is 41.3. The molecule has 0 saturated heterocycles. The lowest BCUT2D eigenvalue weighted by Crippen LogP contribution is -2.14. The number of fused-ring (bicyclic) bond motifs is 4. The second kappa shape index (κ2) is 16.6. The van der Waals surface area contributed by atoms with Crippen LogP contribution in [0.1, 0.15) is 12.8 Å². The molecule has 6 aromatic heterocycles. The van der Waals surface area contributed by atoms with Gasteiger partial charge in [-0.1, -0.05) is 72.8 Å². The Bertz CT molecular complexity index is 2840. The van der Waals surface area contributed by atoms with Crippen molar-refractivity contribution in [3.63, 3.8) is 0 Å². The van der Waals surface area contributed by atoms with E-state index in [4.69, 9.17) is 0 Å². The number of hydrogen-bond acceptors (Lipinski definition) is 2. The molecule has 0 bridgehead atoms. The quantitative estimate of drug-likeness (QED) is 0.129. The van der Waals surface area contributed by atoms with E-state index < -0.39 is 0 Å². The lowest BCUT2D eigenvalue weighted by Gasteiger charge is -2.10. The van der Waals surface area contributed by atoms with Crippen molar-refractivity contribution in [2.24, 2.45) is 14.1 Å². The number of aryl methyl sites for hydroxylation is 4. The molecule has 10 rings (SSSR count). The summed E-state index contributed by atoms with van der Waals surface area (Å²) >= 11 is 0. The zero-order valence-corrected chi connectivity index (χ0v) is 35.8. The monoisotopic (exact) mass is 792 g/mol. The van der Waals surface area contributed by atoms with Crippen LogP contribution in [0.25, 0.3) is 88.1 Å². The van der Waals surface area contributed by atoms with Gasteiger partial charge in [-0.05, 0) is 78.4 Å². The zero-order valence-electron chi connectivity index (χ0n) is 35.8. The Morgan fingerprint density at radius 1 is 0.400 bits per heavy atom. The van der Waals surface area contributed by atoms with Crippen molar-refractivity contribution >= 4 is 43.6 Å². The van der Waals surface area contributed by atoms with Crippen LogP contribution in [0.4, 0.5) is 0 Å². The summed E-state index contributed by atoms with van der Waals surface area (Å²) in [6.45, 7) is 4.22. The summed E-state index contributed by atoms with van der Waals surface area (Å²) in [6.07, 6.45) is 20.2. The van der Waals surface area contributed by atoms with Crippen molar-refractivity contribution < 1.29 is 0 Å². The Morgan fingerprint density at radius 3 is 1.15 bits per heavy atom. The van der Waals surface area contributed by atoms with Crippen LogP contribution < -0.4 is 0 Å². The van der Waals surface area contributed by atoms with E-state index in [0.717, 1.165) is 39.0 Å². The van der Waals surface area contributed by atoms with Crippen LogP contribution in [0.3, 0.4) is 0 Å². The number of nitrogens with zero attached hydrogens (tertiary/aromatic N) is 6. The highest BCUT2D eigenvalue weighted by Crippen LogP contribution is 2.42. The second-order valence-electron chi connectivity index (χ2n) is 16.8. The van der Waals surface area contributed by atoms with E-state index in [9.17, 15) is 0 Å². The van der Waals surface area contributed by atoms with Gasteiger partial charge in [0.25, 0.3) is 0 Å². The molecule has 0 radical (unpaired) electrons. The van der Waals surface area contributed by atoms with Crippen LogP contribution >= 0.6 is 0 Å². The lowest BCUT2D eigenvalue weighted by molar-refractivity contribution is 0.388. The molecule has 60 heavy (non-hydrogen) atoms. The molecule has 0 amide bonds. The first kappa shape index (κ1) is 39.0. The predicted molar refractivity (Wildman–Crippen MR) is 254 cm³/mol. The first-order valence-electron chi connectivity index (χ1n) is 21.1. The number of para-hydroxylation sites is 4. The number of rotatable bonds is 12. The summed E-state index contributed by atoms with van der Waals surface area (Å²) in [5.74, 6) is 0. The van der Waals surface area contributed by atoms with Gasteiger partial charge in [-0.25, -0.2) is 0 Å². The molecule has 0 saturated carbocycles. The van der Waals surface area contributed by atoms with Crippen molar-refractivity contribution in [1.29, 1.82) is 0 Å². The minimum atomic E-state index is 1.02. The maximum atomic E-state index is 3.39. The lowest BCUT2D eigenvalue weighted by atomic mass is 9.98. The van der Waals surface area contributed by atoms with Crippen LogP contribution in [0.2, 0.25) is 0 Å². The molecular weight excluding hydrogens is 737 g/mol. The predicted octanol–water partition coefficient (Wildman–Crippen LogP) is 11.5. The van der Waals surface area contributed by atoms with Gasteiger partial charge in [0.2, 0.25) is 0 Å². The van der Waals surface area contributed by atoms with Crippen molar-refractivity contribution in [1.82, 2.24) is 38.0 Å². The van der Waals surface area contributed by atoms with Crippen molar-refractivity contribution in [3.8, 4) is 44.5 Å². The topological polar surface area (TPSA) is 57.8 Å². The van der Waals surface area contributed by atoms with E-state index in [0.29, 0.717) is 0 Å². The Labute approximate surface area is 352 Å². The summed E-state index contributed by atoms with van der Waals surface area (Å²) in [5, 5.41) is 5.16. The number of aromatic amines is 2. The number of hydrogen-bond donors (Lipinski definition) is 2. The van der Waals surface area contributed by atoms with Crippen molar-refractivity contribution in [2.75, 3.05) is 41.3 Å². The summed E-state index contributed by atoms with van der Waals surface area (Å²) < 4.78 is 9.22. The second-order valence-corrected chi connectivity index (χ2v) is 16.8. The Hall–Kier alpha value is -6.48. The Kier molecular flexibility index (Phi) is 10.8. The highest BCUT2D eigenvalue weighted by molar-refractivity contribution is 6.06. The minimum Gasteiger partial charge on any atom is -0.361 e. The SMILES string of the molecule is CN(C)CCCn1cc(-c2cn(C)cc2-c2cn(CCCN(C)C)c3ccccc23)c2ccccc21.Cn1cc(-c2c[nH]c3ccccc23)c(-c2c[nH]c3ccccc23)c1. The molecular formula is C52H56N8. The van der Waals surface area contributed by atoms with E-state index in [1.54, 1.807) is 0 Å². The smallest absolute Gasteiger partial charge is 0.0486 e. The van der Waals surface area contributed by atoms with Gasteiger partial charge in [-0.3, -0.25) is 0 Å². The highest BCUT2D eigenvalue weighted by Gasteiger charge is 2.20. The van der Waals surface area contributed by atoms with Gasteiger partial charge < -0.3 is 38.0 Å². The fraction of sp³-hybridized carbons (Fsp3) is 0.231. The molecule has 0 aliphatic heterocycles. The summed E-state index contributed by atoms with van der Waals surface area (Å²) in [4.78, 5) is 11.3. The third kappa shape index (κ3) is 7.60. The summed E-state index contributed by atoms with van der Waals surface area (Å²) in [5.41, 5.74) is 15.2. The molecule has 8 heteroatoms. The molecule has 304 valence electrons. The number of H-pyrrole nitrogens is 2.